The predicted molar refractivity (Wildman–Crippen MR) is 125 cm³/mol. The van der Waals surface area contributed by atoms with E-state index in [9.17, 15) is 5.11 Å². The second-order valence-corrected chi connectivity index (χ2v) is 9.19. The molecule has 158 valence electrons. The van der Waals surface area contributed by atoms with Crippen LogP contribution in [-0.2, 0) is 4.84 Å². The van der Waals surface area contributed by atoms with Gasteiger partial charge in [-0.15, -0.1) is 0 Å². The molecule has 2 aromatic carbocycles. The average molecular weight is 480 g/mol. The second-order valence-electron chi connectivity index (χ2n) is 8.28. The third-order valence-electron chi connectivity index (χ3n) is 6.39. The number of aromatic hydroxyl groups is 1. The minimum Gasteiger partial charge on any atom is -0.494 e. The average Bonchev–Trinajstić information content (AvgIpc) is 3.52. The lowest BCUT2D eigenvalue weighted by molar-refractivity contribution is 0.101. The topological polar surface area (TPSA) is 85.2 Å². The Hall–Kier alpha value is -2.68. The van der Waals surface area contributed by atoms with Gasteiger partial charge in [0.2, 0.25) is 0 Å². The van der Waals surface area contributed by atoms with Crippen molar-refractivity contribution in [3.63, 3.8) is 0 Å². The Morgan fingerprint density at radius 2 is 2.16 bits per heavy atom. The molecule has 0 amide bonds. The van der Waals surface area contributed by atoms with E-state index in [0.717, 1.165) is 46.3 Å². The van der Waals surface area contributed by atoms with Crippen molar-refractivity contribution >= 4 is 43.9 Å². The van der Waals surface area contributed by atoms with Crippen molar-refractivity contribution in [2.24, 2.45) is 10.1 Å². The quantitative estimate of drug-likeness (QED) is 0.385. The minimum absolute atomic E-state index is 0.0768. The molecule has 4 heterocycles. The highest BCUT2D eigenvalue weighted by Crippen LogP contribution is 2.36. The smallest absolute Gasteiger partial charge is 0.199 e. The van der Waals surface area contributed by atoms with E-state index in [1.807, 2.05) is 42.5 Å². The summed E-state index contributed by atoms with van der Waals surface area (Å²) in [4.78, 5) is 16.1. The van der Waals surface area contributed by atoms with Crippen LogP contribution in [-0.4, -0.2) is 64.7 Å². The maximum Gasteiger partial charge on any atom is 0.199 e. The lowest BCUT2D eigenvalue weighted by Crippen LogP contribution is -2.44. The van der Waals surface area contributed by atoms with Crippen molar-refractivity contribution in [3.8, 4) is 5.88 Å². The van der Waals surface area contributed by atoms with Gasteiger partial charge in [0.15, 0.2) is 5.88 Å². The van der Waals surface area contributed by atoms with Gasteiger partial charge in [-0.05, 0) is 30.7 Å². The van der Waals surface area contributed by atoms with Gasteiger partial charge in [0, 0.05) is 52.7 Å². The van der Waals surface area contributed by atoms with E-state index in [1.54, 1.807) is 0 Å². The highest BCUT2D eigenvalue weighted by Gasteiger charge is 2.37. The third-order valence-corrected chi connectivity index (χ3v) is 6.88. The number of hydrogen-bond acceptors (Lipinski definition) is 6. The lowest BCUT2D eigenvalue weighted by Gasteiger charge is -2.26. The molecule has 7 nitrogen and oxygen atoms in total. The number of fused-ring (bicyclic) bond motifs is 4. The van der Waals surface area contributed by atoms with Gasteiger partial charge in [0.05, 0.1) is 11.3 Å². The molecule has 3 aliphatic rings. The summed E-state index contributed by atoms with van der Waals surface area (Å²) in [5.74, 6) is 0.0768. The number of para-hydroxylation sites is 1. The summed E-state index contributed by atoms with van der Waals surface area (Å²) < 4.78 is 0.931. The summed E-state index contributed by atoms with van der Waals surface area (Å²) >= 11 is 3.53. The predicted octanol–water partition coefficient (Wildman–Crippen LogP) is 3.54. The largest absolute Gasteiger partial charge is 0.494 e. The lowest BCUT2D eigenvalue weighted by atomic mass is 10.0. The van der Waals surface area contributed by atoms with Gasteiger partial charge in [0.25, 0.3) is 0 Å². The molecule has 0 spiro atoms. The first-order valence-corrected chi connectivity index (χ1v) is 11.3. The van der Waals surface area contributed by atoms with Crippen LogP contribution in [0.4, 0.5) is 5.69 Å². The van der Waals surface area contributed by atoms with Crippen LogP contribution in [0.15, 0.2) is 57.1 Å². The molecule has 2 atom stereocenters. The number of halogens is 1. The van der Waals surface area contributed by atoms with E-state index in [2.05, 4.69) is 36.3 Å². The van der Waals surface area contributed by atoms with Gasteiger partial charge in [0.1, 0.15) is 18.0 Å². The molecule has 0 radical (unpaired) electrons. The Kier molecular flexibility index (Phi) is 4.59. The van der Waals surface area contributed by atoms with Crippen LogP contribution < -0.4 is 5.32 Å². The van der Waals surface area contributed by atoms with Crippen LogP contribution in [0.25, 0.3) is 10.9 Å². The van der Waals surface area contributed by atoms with E-state index >= 15 is 0 Å². The molecular formula is C23H22BrN5O2. The van der Waals surface area contributed by atoms with E-state index in [-0.39, 0.29) is 5.88 Å². The number of piperazine rings is 1. The highest BCUT2D eigenvalue weighted by atomic mass is 79.9. The fraction of sp³-hybridized carbons (Fsp3) is 0.304. The summed E-state index contributed by atoms with van der Waals surface area (Å²) in [6.45, 7) is 3.53. The van der Waals surface area contributed by atoms with Gasteiger partial charge in [-0.1, -0.05) is 39.3 Å². The maximum atomic E-state index is 10.7. The number of oxime groups is 1. The maximum absolute atomic E-state index is 10.7. The van der Waals surface area contributed by atoms with Crippen molar-refractivity contribution < 1.29 is 9.94 Å². The Bertz CT molecular complexity index is 1230. The third kappa shape index (κ3) is 3.26. The van der Waals surface area contributed by atoms with Crippen LogP contribution in [0.1, 0.15) is 17.5 Å². The van der Waals surface area contributed by atoms with E-state index in [1.165, 1.54) is 6.42 Å². The first-order chi connectivity index (χ1) is 15.2. The number of rotatable bonds is 5. The molecule has 1 aromatic heterocycles. The standard InChI is InChI=1S/C23H22BrN5O2/c24-13-5-6-19-17(9-13)20(23(30)27-19)22-21(16-3-1-2-4-18(16)26-22)28-31-8-7-29-12-14-10-15(29)11-25-14/h1-6,9,14-15,25,27,30H,7-8,10-12H2/t14-,15-/m1/s1. The number of H-pyrrole nitrogens is 1. The molecule has 0 aliphatic carbocycles. The normalized spacial score (nSPS) is 23.6. The zero-order valence-corrected chi connectivity index (χ0v) is 18.4. The molecule has 0 saturated carbocycles. The van der Waals surface area contributed by atoms with Gasteiger partial charge < -0.3 is 20.2 Å². The van der Waals surface area contributed by atoms with Gasteiger partial charge in [-0.2, -0.15) is 0 Å². The Balaban J connectivity index is 1.31. The van der Waals surface area contributed by atoms with Crippen molar-refractivity contribution in [2.45, 2.75) is 18.5 Å². The molecule has 6 rings (SSSR count). The first kappa shape index (κ1) is 19.0. The Morgan fingerprint density at radius 3 is 3.00 bits per heavy atom. The molecule has 2 saturated heterocycles. The summed E-state index contributed by atoms with van der Waals surface area (Å²) in [5, 5.41) is 19.6. The molecule has 3 aromatic rings. The van der Waals surface area contributed by atoms with Crippen LogP contribution in [0.3, 0.4) is 0 Å². The van der Waals surface area contributed by atoms with Crippen molar-refractivity contribution in [3.05, 3.63) is 58.1 Å². The van der Waals surface area contributed by atoms with Gasteiger partial charge in [-0.25, -0.2) is 4.99 Å². The Labute approximate surface area is 187 Å². The summed E-state index contributed by atoms with van der Waals surface area (Å²) in [7, 11) is 0. The number of aromatic nitrogens is 1. The first-order valence-electron chi connectivity index (χ1n) is 10.5. The van der Waals surface area contributed by atoms with E-state index in [4.69, 9.17) is 9.83 Å². The molecule has 2 bridgehead atoms. The number of aliphatic imine (C=N–C) groups is 1. The number of nitrogens with one attached hydrogen (secondary N) is 2. The van der Waals surface area contributed by atoms with Crippen molar-refractivity contribution in [1.82, 2.24) is 15.2 Å². The molecule has 3 N–H and O–H groups in total. The molecule has 31 heavy (non-hydrogen) atoms. The van der Waals surface area contributed by atoms with E-state index < -0.39 is 0 Å². The van der Waals surface area contributed by atoms with Crippen molar-refractivity contribution in [2.75, 3.05) is 26.2 Å². The van der Waals surface area contributed by atoms with Gasteiger partial charge >= 0.3 is 0 Å². The number of hydrogen-bond donors (Lipinski definition) is 3. The zero-order chi connectivity index (χ0) is 20.9. The number of benzene rings is 2. The summed E-state index contributed by atoms with van der Waals surface area (Å²) in [6.07, 6.45) is 1.23. The van der Waals surface area contributed by atoms with E-state index in [0.29, 0.717) is 35.7 Å². The highest BCUT2D eigenvalue weighted by molar-refractivity contribution is 9.10. The van der Waals surface area contributed by atoms with Crippen LogP contribution in [0, 0.1) is 0 Å². The second kappa shape index (κ2) is 7.47. The van der Waals surface area contributed by atoms with Crippen molar-refractivity contribution in [1.29, 1.82) is 0 Å². The molecule has 2 fully saturated rings. The van der Waals surface area contributed by atoms with Gasteiger partial charge in [-0.3, -0.25) is 4.90 Å². The number of likely N-dealkylation sites (tertiary alicyclic amines) is 1. The molecule has 0 unspecified atom stereocenters. The summed E-state index contributed by atoms with van der Waals surface area (Å²) in [6, 6.07) is 14.9. The fourth-order valence-electron chi connectivity index (χ4n) is 4.92. The fourth-order valence-corrected chi connectivity index (χ4v) is 5.28. The summed E-state index contributed by atoms with van der Waals surface area (Å²) in [5.41, 5.74) is 4.48. The SMILES string of the molecule is Oc1[nH]c2ccc(Br)cc2c1C1=Nc2ccccc2C1=NOCCN1C[C@H]2C[C@@H]1CN2. The molecule has 3 aliphatic heterocycles. The molecule has 8 heteroatoms. The number of aromatic amines is 1. The van der Waals surface area contributed by atoms with Crippen LogP contribution >= 0.6 is 15.9 Å². The minimum atomic E-state index is 0.0768. The van der Waals surface area contributed by atoms with Crippen LogP contribution in [0.5, 0.6) is 5.88 Å². The monoisotopic (exact) mass is 479 g/mol. The molecular weight excluding hydrogens is 458 g/mol. The Morgan fingerprint density at radius 1 is 1.26 bits per heavy atom. The van der Waals surface area contributed by atoms with Crippen LogP contribution in [0.2, 0.25) is 0 Å². The number of nitrogens with zero attached hydrogens (tertiary/aromatic N) is 3. The zero-order valence-electron chi connectivity index (χ0n) is 16.8.